The predicted octanol–water partition coefficient (Wildman–Crippen LogP) is 0.115. The van der Waals surface area contributed by atoms with Crippen LogP contribution in [-0.2, 0) is 6.54 Å². The Morgan fingerprint density at radius 2 is 2.38 bits per heavy atom. The van der Waals surface area contributed by atoms with Gasteiger partial charge in [0, 0.05) is 6.07 Å². The maximum absolute atomic E-state index is 10.4. The number of tetrazole rings is 1. The number of pyridine rings is 1. The second-order valence-corrected chi connectivity index (χ2v) is 2.84. The van der Waals surface area contributed by atoms with Crippen LogP contribution < -0.4 is 5.32 Å². The van der Waals surface area contributed by atoms with Gasteiger partial charge in [0.15, 0.2) is 5.82 Å². The van der Waals surface area contributed by atoms with Crippen LogP contribution in [0.5, 0.6) is 0 Å². The SMILES string of the molecule is O=[N+]([O-])c1ccc(NCc2nn[nH]n2)nc1. The van der Waals surface area contributed by atoms with Gasteiger partial charge in [-0.1, -0.05) is 5.21 Å². The number of nitrogens with one attached hydrogen (secondary N) is 2. The molecule has 82 valence electrons. The maximum atomic E-state index is 10.4. The molecule has 0 unspecified atom stereocenters. The van der Waals surface area contributed by atoms with Crippen LogP contribution in [0.15, 0.2) is 18.3 Å². The Kier molecular flexibility index (Phi) is 2.67. The summed E-state index contributed by atoms with van der Waals surface area (Å²) in [6.45, 7) is 0.349. The molecule has 0 atom stereocenters. The first-order chi connectivity index (χ1) is 7.75. The standard InChI is InChI=1S/C7H7N7O2/c15-14(16)5-1-2-6(8-3-5)9-4-7-10-12-13-11-7/h1-3H,4H2,(H,8,9)(H,10,11,12,13). The van der Waals surface area contributed by atoms with Crippen LogP contribution in [0.25, 0.3) is 0 Å². The molecule has 0 aromatic carbocycles. The number of hydrogen-bond acceptors (Lipinski definition) is 7. The molecule has 2 aromatic rings. The summed E-state index contributed by atoms with van der Waals surface area (Å²) in [4.78, 5) is 13.7. The van der Waals surface area contributed by atoms with Gasteiger partial charge in [-0.05, 0) is 6.07 Å². The Hall–Kier alpha value is -2.58. The van der Waals surface area contributed by atoms with Crippen molar-refractivity contribution in [3.63, 3.8) is 0 Å². The number of rotatable bonds is 4. The van der Waals surface area contributed by atoms with Crippen molar-refractivity contribution >= 4 is 11.5 Å². The van der Waals surface area contributed by atoms with E-state index in [1.165, 1.54) is 18.3 Å². The normalized spacial score (nSPS) is 10.0. The zero-order valence-corrected chi connectivity index (χ0v) is 7.99. The summed E-state index contributed by atoms with van der Waals surface area (Å²) in [6, 6.07) is 2.88. The lowest BCUT2D eigenvalue weighted by Crippen LogP contribution is -2.03. The zero-order valence-electron chi connectivity index (χ0n) is 7.99. The van der Waals surface area contributed by atoms with Crippen LogP contribution in [-0.4, -0.2) is 30.5 Å². The van der Waals surface area contributed by atoms with E-state index in [9.17, 15) is 10.1 Å². The molecule has 2 rings (SSSR count). The molecule has 2 aromatic heterocycles. The smallest absolute Gasteiger partial charge is 0.287 e. The van der Waals surface area contributed by atoms with Crippen molar-refractivity contribution in [1.29, 1.82) is 0 Å². The van der Waals surface area contributed by atoms with Crippen LogP contribution in [0.4, 0.5) is 11.5 Å². The average molecular weight is 221 g/mol. The molecule has 9 heteroatoms. The van der Waals surface area contributed by atoms with Gasteiger partial charge in [0.25, 0.3) is 5.69 Å². The minimum absolute atomic E-state index is 0.0508. The molecule has 2 heterocycles. The molecular formula is C7H7N7O2. The van der Waals surface area contributed by atoms with Gasteiger partial charge in [0.05, 0.1) is 11.5 Å². The highest BCUT2D eigenvalue weighted by atomic mass is 16.6. The summed E-state index contributed by atoms with van der Waals surface area (Å²) in [6.07, 6.45) is 1.18. The summed E-state index contributed by atoms with van der Waals surface area (Å²) in [5, 5.41) is 26.4. The van der Waals surface area contributed by atoms with Gasteiger partial charge >= 0.3 is 0 Å². The maximum Gasteiger partial charge on any atom is 0.287 e. The van der Waals surface area contributed by atoms with Crippen molar-refractivity contribution in [2.45, 2.75) is 6.54 Å². The lowest BCUT2D eigenvalue weighted by Gasteiger charge is -2.00. The molecule has 0 aliphatic carbocycles. The van der Waals surface area contributed by atoms with Crippen LogP contribution >= 0.6 is 0 Å². The van der Waals surface area contributed by atoms with E-state index >= 15 is 0 Å². The van der Waals surface area contributed by atoms with Gasteiger partial charge in [-0.3, -0.25) is 10.1 Å². The highest BCUT2D eigenvalue weighted by Crippen LogP contribution is 2.11. The molecule has 0 spiro atoms. The van der Waals surface area contributed by atoms with E-state index < -0.39 is 4.92 Å². The van der Waals surface area contributed by atoms with Crippen molar-refractivity contribution in [3.8, 4) is 0 Å². The first kappa shape index (κ1) is 9.96. The van der Waals surface area contributed by atoms with Gasteiger partial charge in [0.2, 0.25) is 0 Å². The minimum Gasteiger partial charge on any atom is -0.363 e. The molecule has 0 saturated heterocycles. The quantitative estimate of drug-likeness (QED) is 0.554. The largest absolute Gasteiger partial charge is 0.363 e. The van der Waals surface area contributed by atoms with Crippen LogP contribution in [0.3, 0.4) is 0 Å². The summed E-state index contributed by atoms with van der Waals surface area (Å²) in [7, 11) is 0. The van der Waals surface area contributed by atoms with E-state index in [4.69, 9.17) is 0 Å². The molecule has 0 aliphatic heterocycles. The van der Waals surface area contributed by atoms with E-state index in [-0.39, 0.29) is 5.69 Å². The molecule has 0 radical (unpaired) electrons. The summed E-state index contributed by atoms with van der Waals surface area (Å²) in [5.74, 6) is 0.996. The molecule has 0 amide bonds. The van der Waals surface area contributed by atoms with Crippen LogP contribution in [0.1, 0.15) is 5.82 Å². The number of aromatic nitrogens is 5. The first-order valence-corrected chi connectivity index (χ1v) is 4.32. The second-order valence-electron chi connectivity index (χ2n) is 2.84. The average Bonchev–Trinajstić information content (AvgIpc) is 2.80. The minimum atomic E-state index is -0.504. The Bertz CT molecular complexity index is 466. The fourth-order valence-electron chi connectivity index (χ4n) is 1.03. The van der Waals surface area contributed by atoms with Gasteiger partial charge in [-0.25, -0.2) is 4.98 Å². The second kappa shape index (κ2) is 4.29. The number of H-pyrrole nitrogens is 1. The van der Waals surface area contributed by atoms with Crippen molar-refractivity contribution in [2.75, 3.05) is 5.32 Å². The predicted molar refractivity (Wildman–Crippen MR) is 52.4 cm³/mol. The number of anilines is 1. The monoisotopic (exact) mass is 221 g/mol. The summed E-state index contributed by atoms with van der Waals surface area (Å²) in [5.41, 5.74) is -0.0508. The van der Waals surface area contributed by atoms with Gasteiger partial charge in [-0.15, -0.1) is 10.2 Å². The van der Waals surface area contributed by atoms with Crippen molar-refractivity contribution in [3.05, 3.63) is 34.3 Å². The Balaban J connectivity index is 1.98. The van der Waals surface area contributed by atoms with Crippen molar-refractivity contribution in [1.82, 2.24) is 25.6 Å². The van der Waals surface area contributed by atoms with Gasteiger partial charge in [-0.2, -0.15) is 5.21 Å². The van der Waals surface area contributed by atoms with E-state index in [0.29, 0.717) is 18.2 Å². The molecule has 16 heavy (non-hydrogen) atoms. The van der Waals surface area contributed by atoms with Gasteiger partial charge in [0.1, 0.15) is 12.0 Å². The summed E-state index contributed by atoms with van der Waals surface area (Å²) < 4.78 is 0. The number of nitro groups is 1. The topological polar surface area (TPSA) is 123 Å². The lowest BCUT2D eigenvalue weighted by molar-refractivity contribution is -0.385. The molecule has 0 aliphatic rings. The highest BCUT2D eigenvalue weighted by molar-refractivity contribution is 5.39. The number of hydrogen-bond donors (Lipinski definition) is 2. The third-order valence-corrected chi connectivity index (χ3v) is 1.78. The lowest BCUT2D eigenvalue weighted by atomic mass is 10.4. The first-order valence-electron chi connectivity index (χ1n) is 4.32. The van der Waals surface area contributed by atoms with E-state index in [2.05, 4.69) is 30.9 Å². The molecule has 0 saturated carbocycles. The molecule has 2 N–H and O–H groups in total. The van der Waals surface area contributed by atoms with E-state index in [1.54, 1.807) is 0 Å². The van der Waals surface area contributed by atoms with E-state index in [0.717, 1.165) is 0 Å². The van der Waals surface area contributed by atoms with Gasteiger partial charge < -0.3 is 5.32 Å². The van der Waals surface area contributed by atoms with Crippen molar-refractivity contribution < 1.29 is 4.92 Å². The Morgan fingerprint density at radius 1 is 1.50 bits per heavy atom. The third kappa shape index (κ3) is 2.26. The molecule has 0 fully saturated rings. The summed E-state index contributed by atoms with van der Waals surface area (Å²) >= 11 is 0. The fraction of sp³-hybridized carbons (Fsp3) is 0.143. The molecule has 9 nitrogen and oxygen atoms in total. The number of aromatic amines is 1. The molecule has 0 bridgehead atoms. The molecular weight excluding hydrogens is 214 g/mol. The van der Waals surface area contributed by atoms with Crippen LogP contribution in [0, 0.1) is 10.1 Å². The Labute approximate surface area is 89.0 Å². The van der Waals surface area contributed by atoms with Crippen molar-refractivity contribution in [2.24, 2.45) is 0 Å². The van der Waals surface area contributed by atoms with Crippen LogP contribution in [0.2, 0.25) is 0 Å². The number of nitrogens with zero attached hydrogens (tertiary/aromatic N) is 5. The third-order valence-electron chi connectivity index (χ3n) is 1.78. The Morgan fingerprint density at radius 3 is 2.94 bits per heavy atom. The highest BCUT2D eigenvalue weighted by Gasteiger charge is 2.05. The zero-order chi connectivity index (χ0) is 11.4. The fourth-order valence-corrected chi connectivity index (χ4v) is 1.03. The van der Waals surface area contributed by atoms with E-state index in [1.807, 2.05) is 0 Å².